The minimum atomic E-state index is -4.25. The van der Waals surface area contributed by atoms with E-state index in [9.17, 15) is 18.0 Å². The third-order valence-electron chi connectivity index (χ3n) is 13.2. The fourth-order valence-corrected chi connectivity index (χ4v) is 10.7. The molecule has 0 spiro atoms. The van der Waals surface area contributed by atoms with Crippen LogP contribution in [0, 0.1) is 46.8 Å². The molecule has 43 heavy (non-hydrogen) atoms. The number of nitrogens with zero attached hydrogens (tertiary/aromatic N) is 3. The predicted octanol–water partition coefficient (Wildman–Crippen LogP) is 4.84. The van der Waals surface area contributed by atoms with E-state index in [-0.39, 0.29) is 35.9 Å². The van der Waals surface area contributed by atoms with Gasteiger partial charge in [-0.25, -0.2) is 10.9 Å². The molecule has 0 aromatic heterocycles. The van der Waals surface area contributed by atoms with Gasteiger partial charge in [0.1, 0.15) is 0 Å². The second-order valence-corrected chi connectivity index (χ2v) is 15.8. The molecule has 10 heteroatoms. The van der Waals surface area contributed by atoms with Gasteiger partial charge in [-0.15, -0.1) is 0 Å². The Hall–Kier alpha value is -0.940. The summed E-state index contributed by atoms with van der Waals surface area (Å²) >= 11 is 0. The summed E-state index contributed by atoms with van der Waals surface area (Å²) in [6, 6.07) is 0.0592. The van der Waals surface area contributed by atoms with Crippen molar-refractivity contribution >= 4 is 5.91 Å². The molecule has 7 aliphatic rings. The number of hydrazine groups is 1. The Morgan fingerprint density at radius 1 is 0.953 bits per heavy atom. The molecule has 244 valence electrons. The SMILES string of the molecule is CN1CNNC1CC1(C2CCCC(N3CC4C(CC(CN5CC[C@@H](C6CCCCC6)C5)CC4C(F)(F)F)C3=O)C2)COC1. The number of rotatable bonds is 7. The number of amides is 1. The van der Waals surface area contributed by atoms with Crippen molar-refractivity contribution in [2.75, 3.05) is 53.1 Å². The van der Waals surface area contributed by atoms with Gasteiger partial charge in [0.15, 0.2) is 0 Å². The maximum Gasteiger partial charge on any atom is 0.392 e. The van der Waals surface area contributed by atoms with E-state index in [1.807, 2.05) is 4.90 Å². The number of hydrogen-bond donors (Lipinski definition) is 2. The summed E-state index contributed by atoms with van der Waals surface area (Å²) in [4.78, 5) is 20.7. The molecule has 7 rings (SSSR count). The van der Waals surface area contributed by atoms with Crippen LogP contribution in [0.25, 0.3) is 0 Å². The Balaban J connectivity index is 1.01. The molecule has 1 amide bonds. The van der Waals surface area contributed by atoms with Crippen molar-refractivity contribution in [3.63, 3.8) is 0 Å². The van der Waals surface area contributed by atoms with E-state index in [4.69, 9.17) is 4.74 Å². The smallest absolute Gasteiger partial charge is 0.380 e. The largest absolute Gasteiger partial charge is 0.392 e. The normalized spacial score (nSPS) is 41.5. The molecule has 4 heterocycles. The van der Waals surface area contributed by atoms with Crippen molar-refractivity contribution in [1.82, 2.24) is 25.6 Å². The Labute approximate surface area is 255 Å². The van der Waals surface area contributed by atoms with Gasteiger partial charge >= 0.3 is 6.18 Å². The Morgan fingerprint density at radius 3 is 2.47 bits per heavy atom. The maximum absolute atomic E-state index is 14.6. The first-order valence-corrected chi connectivity index (χ1v) is 17.6. The highest BCUT2D eigenvalue weighted by Crippen LogP contribution is 2.53. The van der Waals surface area contributed by atoms with Gasteiger partial charge in [-0.3, -0.25) is 9.69 Å². The lowest BCUT2D eigenvalue weighted by atomic mass is 9.64. The molecule has 4 saturated heterocycles. The minimum Gasteiger partial charge on any atom is -0.380 e. The van der Waals surface area contributed by atoms with Crippen LogP contribution in [0.4, 0.5) is 13.2 Å². The second-order valence-electron chi connectivity index (χ2n) is 15.8. The molecule has 7 nitrogen and oxygen atoms in total. The first kappa shape index (κ1) is 30.7. The fourth-order valence-electron chi connectivity index (χ4n) is 10.7. The second kappa shape index (κ2) is 12.3. The first-order chi connectivity index (χ1) is 20.7. The molecule has 7 unspecified atom stereocenters. The molecule has 3 saturated carbocycles. The summed E-state index contributed by atoms with van der Waals surface area (Å²) in [5, 5.41) is 0. The summed E-state index contributed by atoms with van der Waals surface area (Å²) in [6.45, 7) is 5.38. The van der Waals surface area contributed by atoms with Crippen LogP contribution in [-0.2, 0) is 9.53 Å². The summed E-state index contributed by atoms with van der Waals surface area (Å²) in [6.07, 6.45) is 9.65. The van der Waals surface area contributed by atoms with E-state index in [0.717, 1.165) is 77.5 Å². The zero-order chi connectivity index (χ0) is 29.8. The van der Waals surface area contributed by atoms with E-state index in [0.29, 0.717) is 24.8 Å². The molecule has 0 aromatic rings. The monoisotopic (exact) mass is 609 g/mol. The number of hydrogen-bond acceptors (Lipinski definition) is 6. The van der Waals surface area contributed by atoms with E-state index in [2.05, 4.69) is 27.7 Å². The summed E-state index contributed by atoms with van der Waals surface area (Å²) in [5.41, 5.74) is 6.70. The van der Waals surface area contributed by atoms with E-state index < -0.39 is 23.9 Å². The van der Waals surface area contributed by atoms with Crippen molar-refractivity contribution in [3.8, 4) is 0 Å². The topological polar surface area (TPSA) is 60.1 Å². The van der Waals surface area contributed by atoms with Crippen LogP contribution in [0.3, 0.4) is 0 Å². The average molecular weight is 610 g/mol. The molecule has 8 atom stereocenters. The van der Waals surface area contributed by atoms with Gasteiger partial charge in [-0.1, -0.05) is 38.5 Å². The highest BCUT2D eigenvalue weighted by molar-refractivity contribution is 5.82. The minimum absolute atomic E-state index is 0.0245. The van der Waals surface area contributed by atoms with Crippen LogP contribution in [-0.4, -0.2) is 92.1 Å². The fraction of sp³-hybridized carbons (Fsp3) is 0.970. The highest BCUT2D eigenvalue weighted by Gasteiger charge is 2.58. The molecule has 7 fully saturated rings. The molecule has 3 aliphatic carbocycles. The van der Waals surface area contributed by atoms with Gasteiger partial charge in [0.2, 0.25) is 5.91 Å². The Bertz CT molecular complexity index is 988. The van der Waals surface area contributed by atoms with Gasteiger partial charge in [0.25, 0.3) is 0 Å². The van der Waals surface area contributed by atoms with Crippen LogP contribution >= 0.6 is 0 Å². The molecular weight excluding hydrogens is 555 g/mol. The number of carbonyl (C=O) groups excluding carboxylic acids is 1. The lowest BCUT2D eigenvalue weighted by molar-refractivity contribution is -0.204. The third kappa shape index (κ3) is 6.13. The number of halogens is 3. The summed E-state index contributed by atoms with van der Waals surface area (Å²) < 4.78 is 49.6. The van der Waals surface area contributed by atoms with Crippen LogP contribution in [0.1, 0.15) is 83.5 Å². The van der Waals surface area contributed by atoms with Crippen LogP contribution < -0.4 is 10.9 Å². The summed E-state index contributed by atoms with van der Waals surface area (Å²) in [5.74, 6) is -0.471. The van der Waals surface area contributed by atoms with Crippen molar-refractivity contribution in [3.05, 3.63) is 0 Å². The molecule has 0 radical (unpaired) electrons. The van der Waals surface area contributed by atoms with Gasteiger partial charge in [0, 0.05) is 37.0 Å². The van der Waals surface area contributed by atoms with Crippen molar-refractivity contribution in [2.24, 2.45) is 46.8 Å². The Kier molecular flexibility index (Phi) is 8.81. The molecule has 0 aromatic carbocycles. The van der Waals surface area contributed by atoms with Gasteiger partial charge in [-0.2, -0.15) is 13.2 Å². The van der Waals surface area contributed by atoms with Crippen LogP contribution in [0.5, 0.6) is 0 Å². The zero-order valence-corrected chi connectivity index (χ0v) is 26.1. The van der Waals surface area contributed by atoms with Gasteiger partial charge < -0.3 is 14.5 Å². The highest BCUT2D eigenvalue weighted by atomic mass is 19.4. The summed E-state index contributed by atoms with van der Waals surface area (Å²) in [7, 11) is 2.11. The number of alkyl halides is 3. The molecular formula is C33H54F3N5O2. The molecule has 0 bridgehead atoms. The van der Waals surface area contributed by atoms with Crippen molar-refractivity contribution in [1.29, 1.82) is 0 Å². The number of carbonyl (C=O) groups is 1. The zero-order valence-electron chi connectivity index (χ0n) is 26.1. The number of fused-ring (bicyclic) bond motifs is 1. The van der Waals surface area contributed by atoms with E-state index in [1.54, 1.807) is 0 Å². The first-order valence-electron chi connectivity index (χ1n) is 17.6. The van der Waals surface area contributed by atoms with E-state index in [1.165, 1.54) is 38.5 Å². The van der Waals surface area contributed by atoms with Crippen molar-refractivity contribution in [2.45, 2.75) is 102 Å². The van der Waals surface area contributed by atoms with E-state index >= 15 is 0 Å². The average Bonchev–Trinajstić information content (AvgIpc) is 3.70. The number of nitrogens with one attached hydrogen (secondary N) is 2. The Morgan fingerprint density at radius 2 is 1.77 bits per heavy atom. The van der Waals surface area contributed by atoms with Gasteiger partial charge in [-0.05, 0) is 88.1 Å². The quantitative estimate of drug-likeness (QED) is 0.431. The maximum atomic E-state index is 14.6. The molecule has 2 N–H and O–H groups in total. The predicted molar refractivity (Wildman–Crippen MR) is 158 cm³/mol. The number of ether oxygens (including phenoxy) is 1. The standard InChI is InChI=1S/C33H54F3N5O2/c1-39-21-37-38-30(39)15-32(19-43-20-32)25-8-5-9-26(14-25)41-18-28-27(31(41)42)12-22(13-29(28)33(34,35)36)16-40-11-10-24(17-40)23-6-3-2-4-7-23/h22-30,37-38H,2-21H2,1H3/t22?,24-,25?,26?,27?,28?,29?,30?/m1/s1. The lowest BCUT2D eigenvalue weighted by Crippen LogP contribution is -2.56. The van der Waals surface area contributed by atoms with Crippen LogP contribution in [0.2, 0.25) is 0 Å². The lowest BCUT2D eigenvalue weighted by Gasteiger charge is -2.52. The number of likely N-dealkylation sites (tertiary alicyclic amines) is 2. The van der Waals surface area contributed by atoms with Crippen molar-refractivity contribution < 1.29 is 22.7 Å². The van der Waals surface area contributed by atoms with Gasteiger partial charge in [0.05, 0.1) is 32.0 Å². The van der Waals surface area contributed by atoms with Crippen LogP contribution in [0.15, 0.2) is 0 Å². The molecule has 4 aliphatic heterocycles. The third-order valence-corrected chi connectivity index (χ3v) is 13.2.